The fourth-order valence-electron chi connectivity index (χ4n) is 0.731. The maximum atomic E-state index is 4.08. The summed E-state index contributed by atoms with van der Waals surface area (Å²) in [5.74, 6) is 0.845. The molecule has 0 fully saturated rings. The molecule has 0 aromatic carbocycles. The van der Waals surface area contributed by atoms with Gasteiger partial charge in [-0.05, 0) is 20.1 Å². The highest BCUT2D eigenvalue weighted by molar-refractivity contribution is 7.99. The summed E-state index contributed by atoms with van der Waals surface area (Å²) in [6, 6.07) is 0. The molecule has 0 aliphatic heterocycles. The molecular weight excluding hydrogens is 170 g/mol. The first-order valence-corrected chi connectivity index (χ1v) is 5.15. The van der Waals surface area contributed by atoms with Gasteiger partial charge in [0.1, 0.15) is 0 Å². The van der Waals surface area contributed by atoms with Gasteiger partial charge in [-0.3, -0.25) is 0 Å². The van der Waals surface area contributed by atoms with Crippen molar-refractivity contribution in [2.45, 2.75) is 18.6 Å². The molecule has 4 heteroatoms. The van der Waals surface area contributed by atoms with Crippen LogP contribution in [0.3, 0.4) is 0 Å². The van der Waals surface area contributed by atoms with Gasteiger partial charge >= 0.3 is 0 Å². The van der Waals surface area contributed by atoms with Crippen molar-refractivity contribution >= 4 is 17.7 Å². The summed E-state index contributed by atoms with van der Waals surface area (Å²) in [7, 11) is 0. The zero-order chi connectivity index (χ0) is 9.03. The molecule has 0 radical (unpaired) electrons. The number of hydrogen-bond donors (Lipinski definition) is 2. The Kier molecular flexibility index (Phi) is 3.03. The Morgan fingerprint density at radius 2 is 2.42 bits per heavy atom. The van der Waals surface area contributed by atoms with Crippen LogP contribution in [-0.4, -0.2) is 27.5 Å². The lowest BCUT2D eigenvalue weighted by Gasteiger charge is -2.21. The second-order valence-corrected chi connectivity index (χ2v) is 4.77. The van der Waals surface area contributed by atoms with E-state index < -0.39 is 0 Å². The van der Waals surface area contributed by atoms with E-state index >= 15 is 0 Å². The summed E-state index contributed by atoms with van der Waals surface area (Å²) in [6.07, 6.45) is 5.67. The van der Waals surface area contributed by atoms with Crippen molar-refractivity contribution in [3.63, 3.8) is 0 Å². The lowest BCUT2D eigenvalue weighted by molar-refractivity contribution is 0.748. The van der Waals surface area contributed by atoms with Crippen LogP contribution in [0.25, 0.3) is 0 Å². The SMILES string of the molecule is CSC(C)(C)CNc1ncc[nH]1. The molecule has 1 heterocycles. The van der Waals surface area contributed by atoms with E-state index in [1.165, 1.54) is 0 Å². The number of aromatic nitrogens is 2. The van der Waals surface area contributed by atoms with E-state index in [2.05, 4.69) is 35.4 Å². The van der Waals surface area contributed by atoms with E-state index in [0.29, 0.717) is 0 Å². The number of thioether (sulfide) groups is 1. The quantitative estimate of drug-likeness (QED) is 0.753. The van der Waals surface area contributed by atoms with Crippen molar-refractivity contribution in [2.75, 3.05) is 18.1 Å². The zero-order valence-corrected chi connectivity index (χ0v) is 8.53. The van der Waals surface area contributed by atoms with Crippen LogP contribution in [0.4, 0.5) is 5.95 Å². The first kappa shape index (κ1) is 9.45. The third-order valence-corrected chi connectivity index (χ3v) is 2.98. The number of aromatic amines is 1. The van der Waals surface area contributed by atoms with E-state index in [-0.39, 0.29) is 4.75 Å². The molecule has 0 unspecified atom stereocenters. The number of H-pyrrole nitrogens is 1. The Labute approximate surface area is 77.4 Å². The molecule has 1 rings (SSSR count). The fourth-order valence-corrected chi connectivity index (χ4v) is 0.947. The maximum absolute atomic E-state index is 4.08. The molecule has 0 saturated carbocycles. The standard InChI is InChI=1S/C8H15N3S/c1-8(2,12-3)6-11-7-9-4-5-10-7/h4-5H,6H2,1-3H3,(H2,9,10,11). The van der Waals surface area contributed by atoms with Crippen LogP contribution < -0.4 is 5.32 Å². The van der Waals surface area contributed by atoms with Crippen molar-refractivity contribution in [1.29, 1.82) is 0 Å². The molecule has 1 aromatic heterocycles. The van der Waals surface area contributed by atoms with Gasteiger partial charge in [0.25, 0.3) is 0 Å². The minimum Gasteiger partial charge on any atom is -0.354 e. The Morgan fingerprint density at radius 1 is 1.67 bits per heavy atom. The van der Waals surface area contributed by atoms with Gasteiger partial charge in [-0.2, -0.15) is 11.8 Å². The van der Waals surface area contributed by atoms with Crippen LogP contribution in [-0.2, 0) is 0 Å². The highest BCUT2D eigenvalue weighted by Gasteiger charge is 2.15. The van der Waals surface area contributed by atoms with Gasteiger partial charge in [-0.15, -0.1) is 0 Å². The van der Waals surface area contributed by atoms with E-state index in [0.717, 1.165) is 12.5 Å². The number of rotatable bonds is 4. The van der Waals surface area contributed by atoms with E-state index in [9.17, 15) is 0 Å². The van der Waals surface area contributed by atoms with Crippen molar-refractivity contribution in [3.8, 4) is 0 Å². The molecule has 2 N–H and O–H groups in total. The van der Waals surface area contributed by atoms with Gasteiger partial charge in [0.05, 0.1) is 0 Å². The molecule has 0 bridgehead atoms. The monoisotopic (exact) mass is 185 g/mol. The Morgan fingerprint density at radius 3 is 2.92 bits per heavy atom. The third kappa shape index (κ3) is 2.77. The lowest BCUT2D eigenvalue weighted by Crippen LogP contribution is -2.26. The Hall–Kier alpha value is -0.640. The predicted octanol–water partition coefficient (Wildman–Crippen LogP) is 1.96. The van der Waals surface area contributed by atoms with Gasteiger partial charge in [0, 0.05) is 23.7 Å². The summed E-state index contributed by atoms with van der Waals surface area (Å²) in [6.45, 7) is 5.32. The van der Waals surface area contributed by atoms with Crippen molar-refractivity contribution in [3.05, 3.63) is 12.4 Å². The summed E-state index contributed by atoms with van der Waals surface area (Å²) in [5.41, 5.74) is 0. The molecule has 0 atom stereocenters. The minimum atomic E-state index is 0.257. The largest absolute Gasteiger partial charge is 0.354 e. The highest BCUT2D eigenvalue weighted by Crippen LogP contribution is 2.20. The summed E-state index contributed by atoms with van der Waals surface area (Å²) < 4.78 is 0.257. The molecule has 1 aromatic rings. The van der Waals surface area contributed by atoms with Gasteiger partial charge in [0.15, 0.2) is 5.95 Å². The normalized spacial score (nSPS) is 11.6. The van der Waals surface area contributed by atoms with Crippen LogP contribution in [0.15, 0.2) is 12.4 Å². The molecular formula is C8H15N3S. The Bertz CT molecular complexity index is 218. The topological polar surface area (TPSA) is 40.7 Å². The molecule has 0 amide bonds. The second kappa shape index (κ2) is 3.85. The average Bonchev–Trinajstić information content (AvgIpc) is 2.53. The van der Waals surface area contributed by atoms with Gasteiger partial charge < -0.3 is 10.3 Å². The van der Waals surface area contributed by atoms with Gasteiger partial charge in [-0.25, -0.2) is 4.98 Å². The number of imidazole rings is 1. The predicted molar refractivity (Wildman–Crippen MR) is 54.7 cm³/mol. The van der Waals surface area contributed by atoms with Crippen LogP contribution in [0.5, 0.6) is 0 Å². The number of nitrogens with zero attached hydrogens (tertiary/aromatic N) is 1. The molecule has 12 heavy (non-hydrogen) atoms. The summed E-state index contributed by atoms with van der Waals surface area (Å²) in [4.78, 5) is 7.08. The molecule has 0 aliphatic rings. The third-order valence-electron chi connectivity index (χ3n) is 1.73. The average molecular weight is 185 g/mol. The second-order valence-electron chi connectivity index (χ2n) is 3.26. The van der Waals surface area contributed by atoms with Gasteiger partial charge in [-0.1, -0.05) is 0 Å². The maximum Gasteiger partial charge on any atom is 0.200 e. The smallest absolute Gasteiger partial charge is 0.200 e. The molecule has 68 valence electrons. The lowest BCUT2D eigenvalue weighted by atomic mass is 10.2. The first-order chi connectivity index (χ1) is 5.64. The van der Waals surface area contributed by atoms with Crippen LogP contribution in [0, 0.1) is 0 Å². The van der Waals surface area contributed by atoms with Crippen LogP contribution in [0.1, 0.15) is 13.8 Å². The van der Waals surface area contributed by atoms with Crippen molar-refractivity contribution in [2.24, 2.45) is 0 Å². The van der Waals surface area contributed by atoms with Crippen molar-refractivity contribution < 1.29 is 0 Å². The van der Waals surface area contributed by atoms with Crippen LogP contribution >= 0.6 is 11.8 Å². The molecule has 3 nitrogen and oxygen atoms in total. The van der Waals surface area contributed by atoms with Crippen molar-refractivity contribution in [1.82, 2.24) is 9.97 Å². The fraction of sp³-hybridized carbons (Fsp3) is 0.625. The molecule has 0 saturated heterocycles. The first-order valence-electron chi connectivity index (χ1n) is 3.92. The number of hydrogen-bond acceptors (Lipinski definition) is 3. The molecule has 0 aliphatic carbocycles. The van der Waals surface area contributed by atoms with E-state index in [4.69, 9.17) is 0 Å². The van der Waals surface area contributed by atoms with Gasteiger partial charge in [0.2, 0.25) is 0 Å². The summed E-state index contributed by atoms with van der Waals surface area (Å²) >= 11 is 1.84. The zero-order valence-electron chi connectivity index (χ0n) is 7.72. The number of nitrogens with one attached hydrogen (secondary N) is 2. The minimum absolute atomic E-state index is 0.257. The number of anilines is 1. The van der Waals surface area contributed by atoms with Crippen LogP contribution in [0.2, 0.25) is 0 Å². The highest BCUT2D eigenvalue weighted by atomic mass is 32.2. The van der Waals surface area contributed by atoms with E-state index in [1.54, 1.807) is 6.20 Å². The molecule has 0 spiro atoms. The Balaban J connectivity index is 2.36. The summed E-state index contributed by atoms with van der Waals surface area (Å²) in [5, 5.41) is 3.23. The van der Waals surface area contributed by atoms with E-state index in [1.807, 2.05) is 18.0 Å².